The largest absolute Gasteiger partial charge is 0.497 e. The van der Waals surface area contributed by atoms with Crippen LogP contribution in [0.25, 0.3) is 11.0 Å². The quantitative estimate of drug-likeness (QED) is 0.677. The van der Waals surface area contributed by atoms with Gasteiger partial charge in [0.2, 0.25) is 5.76 Å². The predicted molar refractivity (Wildman–Crippen MR) is 100 cm³/mol. The molecule has 4 rings (SSSR count). The molecule has 1 aliphatic rings. The van der Waals surface area contributed by atoms with Gasteiger partial charge in [0.15, 0.2) is 5.43 Å². The minimum atomic E-state index is -0.670. The summed E-state index contributed by atoms with van der Waals surface area (Å²) in [7, 11) is 3.08. The molecular weight excluding hydrogens is 365 g/mol. The standard InChI is InChI=1S/C21H18FNO5/c1-26-9-8-23-18(12-4-3-5-14(10-12)27-2)17-19(24)15-11-13(22)6-7-16(15)28-20(17)21(23)25/h3-7,10-11,18H,8-9H2,1-2H3. The van der Waals surface area contributed by atoms with Gasteiger partial charge in [-0.25, -0.2) is 4.39 Å². The Balaban J connectivity index is 1.97. The average Bonchev–Trinajstić information content (AvgIpc) is 2.99. The molecule has 1 aliphatic heterocycles. The van der Waals surface area contributed by atoms with E-state index in [2.05, 4.69) is 0 Å². The second kappa shape index (κ2) is 7.09. The average molecular weight is 383 g/mol. The van der Waals surface area contributed by atoms with Gasteiger partial charge < -0.3 is 18.8 Å². The van der Waals surface area contributed by atoms with Crippen LogP contribution in [0, 0.1) is 5.82 Å². The summed E-state index contributed by atoms with van der Waals surface area (Å²) >= 11 is 0. The van der Waals surface area contributed by atoms with Gasteiger partial charge in [-0.05, 0) is 35.9 Å². The summed E-state index contributed by atoms with van der Waals surface area (Å²) < 4.78 is 29.9. The fourth-order valence-corrected chi connectivity index (χ4v) is 3.57. The first-order valence-corrected chi connectivity index (χ1v) is 8.75. The van der Waals surface area contributed by atoms with Gasteiger partial charge in [-0.15, -0.1) is 0 Å². The van der Waals surface area contributed by atoms with Crippen molar-refractivity contribution in [1.82, 2.24) is 4.90 Å². The highest BCUT2D eigenvalue weighted by molar-refractivity contribution is 5.99. The SMILES string of the molecule is COCCN1C(=O)c2oc3ccc(F)cc3c(=O)c2C1c1cccc(OC)c1. The Labute approximate surface area is 160 Å². The summed E-state index contributed by atoms with van der Waals surface area (Å²) in [6, 6.07) is 10.2. The molecule has 1 aromatic heterocycles. The van der Waals surface area contributed by atoms with Crippen LogP contribution in [0.5, 0.6) is 5.75 Å². The molecule has 7 heteroatoms. The maximum Gasteiger partial charge on any atom is 0.290 e. The molecule has 0 radical (unpaired) electrons. The lowest BCUT2D eigenvalue weighted by Crippen LogP contribution is -2.32. The number of rotatable bonds is 5. The van der Waals surface area contributed by atoms with E-state index in [0.717, 1.165) is 6.07 Å². The molecule has 28 heavy (non-hydrogen) atoms. The van der Waals surface area contributed by atoms with Gasteiger partial charge in [0, 0.05) is 13.7 Å². The third-order valence-electron chi connectivity index (χ3n) is 4.87. The van der Waals surface area contributed by atoms with Gasteiger partial charge in [0.1, 0.15) is 17.1 Å². The van der Waals surface area contributed by atoms with Crippen molar-refractivity contribution in [3.05, 3.63) is 75.4 Å². The zero-order chi connectivity index (χ0) is 19.8. The van der Waals surface area contributed by atoms with Crippen molar-refractivity contribution in [2.24, 2.45) is 0 Å². The number of amides is 1. The summed E-state index contributed by atoms with van der Waals surface area (Å²) in [5.74, 6) is -0.365. The summed E-state index contributed by atoms with van der Waals surface area (Å²) in [6.07, 6.45) is 0. The molecule has 0 aliphatic carbocycles. The van der Waals surface area contributed by atoms with Crippen LogP contribution in [0.4, 0.5) is 4.39 Å². The lowest BCUT2D eigenvalue weighted by molar-refractivity contribution is 0.0663. The number of benzene rings is 2. The van der Waals surface area contributed by atoms with Crippen molar-refractivity contribution < 1.29 is 23.1 Å². The molecule has 144 valence electrons. The molecule has 2 aromatic carbocycles. The second-order valence-electron chi connectivity index (χ2n) is 6.48. The number of methoxy groups -OCH3 is 2. The van der Waals surface area contributed by atoms with Gasteiger partial charge in [0.25, 0.3) is 5.91 Å². The zero-order valence-electron chi connectivity index (χ0n) is 15.4. The number of carbonyl (C=O) groups is 1. The first kappa shape index (κ1) is 18.2. The monoisotopic (exact) mass is 383 g/mol. The highest BCUT2D eigenvalue weighted by atomic mass is 19.1. The molecule has 1 atom stereocenters. The van der Waals surface area contributed by atoms with E-state index in [1.165, 1.54) is 24.1 Å². The molecule has 1 unspecified atom stereocenters. The topological polar surface area (TPSA) is 69.0 Å². The Morgan fingerprint density at radius 3 is 2.71 bits per heavy atom. The van der Waals surface area contributed by atoms with E-state index in [0.29, 0.717) is 17.9 Å². The third kappa shape index (κ3) is 2.84. The molecule has 0 spiro atoms. The lowest BCUT2D eigenvalue weighted by Gasteiger charge is -2.25. The molecule has 0 fully saturated rings. The maximum atomic E-state index is 13.7. The van der Waals surface area contributed by atoms with Crippen LogP contribution in [0.15, 0.2) is 51.7 Å². The van der Waals surface area contributed by atoms with Crippen LogP contribution < -0.4 is 10.2 Å². The van der Waals surface area contributed by atoms with Crippen LogP contribution in [-0.2, 0) is 4.74 Å². The van der Waals surface area contributed by atoms with Crippen molar-refractivity contribution >= 4 is 16.9 Å². The zero-order valence-corrected chi connectivity index (χ0v) is 15.4. The number of nitrogens with zero attached hydrogens (tertiary/aromatic N) is 1. The van der Waals surface area contributed by atoms with Crippen LogP contribution in [0.1, 0.15) is 27.7 Å². The lowest BCUT2D eigenvalue weighted by atomic mass is 9.98. The van der Waals surface area contributed by atoms with E-state index in [1.54, 1.807) is 25.3 Å². The smallest absolute Gasteiger partial charge is 0.290 e. The molecule has 0 N–H and O–H groups in total. The third-order valence-corrected chi connectivity index (χ3v) is 4.87. The number of fused-ring (bicyclic) bond motifs is 2. The van der Waals surface area contributed by atoms with Crippen molar-refractivity contribution in [2.75, 3.05) is 27.4 Å². The number of halogens is 1. The summed E-state index contributed by atoms with van der Waals surface area (Å²) in [6.45, 7) is 0.564. The second-order valence-corrected chi connectivity index (χ2v) is 6.48. The number of carbonyl (C=O) groups excluding carboxylic acids is 1. The van der Waals surface area contributed by atoms with Gasteiger partial charge in [0.05, 0.1) is 30.7 Å². The van der Waals surface area contributed by atoms with Crippen LogP contribution >= 0.6 is 0 Å². The van der Waals surface area contributed by atoms with Crippen molar-refractivity contribution in [1.29, 1.82) is 0 Å². The summed E-state index contributed by atoms with van der Waals surface area (Å²) in [5, 5.41) is 0.105. The summed E-state index contributed by atoms with van der Waals surface area (Å²) in [5.41, 5.74) is 0.659. The van der Waals surface area contributed by atoms with Crippen molar-refractivity contribution in [2.45, 2.75) is 6.04 Å². The molecular formula is C21H18FNO5. The Bertz CT molecular complexity index is 1120. The molecule has 0 saturated carbocycles. The highest BCUT2D eigenvalue weighted by Crippen LogP contribution is 2.38. The van der Waals surface area contributed by atoms with Crippen LogP contribution in [-0.4, -0.2) is 38.2 Å². The molecule has 0 saturated heterocycles. The van der Waals surface area contributed by atoms with Crippen LogP contribution in [0.3, 0.4) is 0 Å². The van der Waals surface area contributed by atoms with E-state index >= 15 is 0 Å². The summed E-state index contributed by atoms with van der Waals surface area (Å²) in [4.78, 5) is 27.8. The first-order chi connectivity index (χ1) is 13.5. The fourth-order valence-electron chi connectivity index (χ4n) is 3.57. The molecule has 3 aromatic rings. The highest BCUT2D eigenvalue weighted by Gasteiger charge is 2.42. The number of hydrogen-bond acceptors (Lipinski definition) is 5. The van der Waals surface area contributed by atoms with Gasteiger partial charge in [-0.3, -0.25) is 9.59 Å². The Hall–Kier alpha value is -3.19. The van der Waals surface area contributed by atoms with E-state index in [1.807, 2.05) is 6.07 Å². The Kier molecular flexibility index (Phi) is 4.60. The van der Waals surface area contributed by atoms with Crippen molar-refractivity contribution in [3.63, 3.8) is 0 Å². The Morgan fingerprint density at radius 2 is 1.96 bits per heavy atom. The van der Waals surface area contributed by atoms with Crippen LogP contribution in [0.2, 0.25) is 0 Å². The van der Waals surface area contributed by atoms with E-state index in [-0.39, 0.29) is 28.8 Å². The first-order valence-electron chi connectivity index (χ1n) is 8.75. The number of ether oxygens (including phenoxy) is 2. The minimum Gasteiger partial charge on any atom is -0.497 e. The minimum absolute atomic E-state index is 0.0203. The molecule has 0 bridgehead atoms. The van der Waals surface area contributed by atoms with E-state index in [4.69, 9.17) is 13.9 Å². The van der Waals surface area contributed by atoms with Gasteiger partial charge in [-0.1, -0.05) is 12.1 Å². The Morgan fingerprint density at radius 1 is 1.14 bits per heavy atom. The van der Waals surface area contributed by atoms with E-state index in [9.17, 15) is 14.0 Å². The maximum absolute atomic E-state index is 13.7. The van der Waals surface area contributed by atoms with E-state index < -0.39 is 23.2 Å². The molecule has 6 nitrogen and oxygen atoms in total. The van der Waals surface area contributed by atoms with Gasteiger partial charge in [-0.2, -0.15) is 0 Å². The normalized spacial score (nSPS) is 15.9. The molecule has 2 heterocycles. The number of hydrogen-bond donors (Lipinski definition) is 0. The van der Waals surface area contributed by atoms with Gasteiger partial charge >= 0.3 is 0 Å². The fraction of sp³-hybridized carbons (Fsp3) is 0.238. The molecule has 1 amide bonds. The predicted octanol–water partition coefficient (Wildman–Crippen LogP) is 3.13. The van der Waals surface area contributed by atoms with Crippen molar-refractivity contribution in [3.8, 4) is 5.75 Å².